The Balaban J connectivity index is 1.42. The molecule has 0 aromatic heterocycles. The average Bonchev–Trinajstić information content (AvgIpc) is 3.31. The highest BCUT2D eigenvalue weighted by Crippen LogP contribution is 2.60. The van der Waals surface area contributed by atoms with E-state index in [0.717, 1.165) is 32.1 Å². The Morgan fingerprint density at radius 3 is 2.14 bits per heavy atom. The minimum atomic E-state index is -0.250. The predicted octanol–water partition coefficient (Wildman–Crippen LogP) is 4.84. The molecule has 3 aliphatic rings. The lowest BCUT2D eigenvalue weighted by atomic mass is 9.81. The second kappa shape index (κ2) is 8.50. The van der Waals surface area contributed by atoms with Crippen molar-refractivity contribution < 1.29 is 19.1 Å². The Labute approximate surface area is 187 Å². The fraction of sp³-hybridized carbons (Fsp3) is 0.591. The molecule has 3 fully saturated rings. The van der Waals surface area contributed by atoms with Crippen LogP contribution in [0.5, 0.6) is 5.75 Å². The quantitative estimate of drug-likeness (QED) is 0.167. The van der Waals surface area contributed by atoms with Crippen LogP contribution in [0.3, 0.4) is 0 Å². The molecule has 0 radical (unpaired) electrons. The van der Waals surface area contributed by atoms with E-state index in [9.17, 15) is 14.4 Å². The Hall–Kier alpha value is -1.21. The van der Waals surface area contributed by atoms with Gasteiger partial charge in [0.15, 0.2) is 0 Å². The second-order valence-electron chi connectivity index (χ2n) is 8.29. The molecule has 1 heterocycles. The van der Waals surface area contributed by atoms with Crippen LogP contribution < -0.4 is 9.64 Å². The number of carbonyl (C=O) groups excluding carboxylic acids is 3. The van der Waals surface area contributed by atoms with Crippen LogP contribution in [0.4, 0.5) is 5.69 Å². The number of fused-ring (bicyclic) bond motifs is 5. The minimum absolute atomic E-state index is 0.1000. The summed E-state index contributed by atoms with van der Waals surface area (Å²) in [5, 5.41) is 0. The van der Waals surface area contributed by atoms with E-state index in [1.807, 2.05) is 0 Å². The number of esters is 1. The third kappa shape index (κ3) is 3.69. The van der Waals surface area contributed by atoms with E-state index >= 15 is 0 Å². The van der Waals surface area contributed by atoms with Crippen molar-refractivity contribution in [3.63, 3.8) is 0 Å². The summed E-state index contributed by atoms with van der Waals surface area (Å²) in [6, 6.07) is 6.69. The first-order valence-corrected chi connectivity index (χ1v) is 12.2. The van der Waals surface area contributed by atoms with Gasteiger partial charge >= 0.3 is 5.97 Å². The van der Waals surface area contributed by atoms with E-state index < -0.39 is 0 Å². The van der Waals surface area contributed by atoms with Gasteiger partial charge in [-0.2, -0.15) is 0 Å². The van der Waals surface area contributed by atoms with E-state index in [2.05, 4.69) is 38.8 Å². The number of ether oxygens (including phenoxy) is 1. The Morgan fingerprint density at radius 1 is 1.00 bits per heavy atom. The molecule has 1 saturated heterocycles. The summed E-state index contributed by atoms with van der Waals surface area (Å²) < 4.78 is 5.37. The zero-order valence-corrected chi connectivity index (χ0v) is 19.5. The molecule has 0 unspecified atom stereocenters. The van der Waals surface area contributed by atoms with Crippen LogP contribution in [-0.4, -0.2) is 27.4 Å². The van der Waals surface area contributed by atoms with Gasteiger partial charge in [-0.05, 0) is 48.9 Å². The highest BCUT2D eigenvalue weighted by atomic mass is 79.9. The molecular formula is C22H25Br2NO4. The monoisotopic (exact) mass is 525 g/mol. The summed E-state index contributed by atoms with van der Waals surface area (Å²) in [5.74, 6) is -0.0752. The number of rotatable bonds is 7. The Bertz CT molecular complexity index is 780. The molecule has 2 aliphatic carbocycles. The molecule has 0 spiro atoms. The van der Waals surface area contributed by atoms with Gasteiger partial charge in [0.05, 0.1) is 17.5 Å². The predicted molar refractivity (Wildman–Crippen MR) is 117 cm³/mol. The molecule has 1 aromatic carbocycles. The van der Waals surface area contributed by atoms with Crippen LogP contribution in [0.1, 0.15) is 45.4 Å². The van der Waals surface area contributed by atoms with Crippen molar-refractivity contribution in [2.45, 2.75) is 55.1 Å². The SMILES string of the molecule is CCCCCCC(=O)Oc1ccc(N2C(=O)[C@@H]3[C@@H]4C[C@H]([C@H](Br)[C@@H]4Br)[C@@H]3C2=O)cc1. The van der Waals surface area contributed by atoms with Crippen molar-refractivity contribution >= 4 is 55.3 Å². The van der Waals surface area contributed by atoms with Crippen LogP contribution in [0.2, 0.25) is 0 Å². The summed E-state index contributed by atoms with van der Waals surface area (Å²) in [4.78, 5) is 39.8. The first kappa shape index (κ1) is 21.0. The zero-order chi connectivity index (χ0) is 20.7. The standard InChI is InChI=1S/C22H25Br2NO4/c1-2-3-4-5-6-16(26)29-13-9-7-12(8-10-13)25-21(27)17-14-11-15(18(17)22(25)28)20(24)19(14)23/h7-10,14-15,17-20H,2-6,11H2,1H3/t14-,15-,17-,18+,19-,20+/m0/s1. The van der Waals surface area contributed by atoms with E-state index in [-0.39, 0.29) is 51.1 Å². The molecule has 7 heteroatoms. The number of hydrogen-bond donors (Lipinski definition) is 0. The normalized spacial score (nSPS) is 32.7. The van der Waals surface area contributed by atoms with Crippen LogP contribution in [0.25, 0.3) is 0 Å². The molecule has 2 amide bonds. The van der Waals surface area contributed by atoms with E-state index in [1.54, 1.807) is 24.3 Å². The molecule has 29 heavy (non-hydrogen) atoms. The number of nitrogens with zero attached hydrogens (tertiary/aromatic N) is 1. The van der Waals surface area contributed by atoms with Gasteiger partial charge in [-0.3, -0.25) is 19.3 Å². The Morgan fingerprint density at radius 2 is 1.59 bits per heavy atom. The fourth-order valence-corrected chi connectivity index (χ4v) is 7.02. The minimum Gasteiger partial charge on any atom is -0.427 e. The van der Waals surface area contributed by atoms with Crippen molar-refractivity contribution in [1.29, 1.82) is 0 Å². The largest absolute Gasteiger partial charge is 0.427 e. The van der Waals surface area contributed by atoms with Crippen LogP contribution in [0.15, 0.2) is 24.3 Å². The molecular weight excluding hydrogens is 502 g/mol. The maximum atomic E-state index is 13.1. The topological polar surface area (TPSA) is 63.7 Å². The first-order valence-electron chi connectivity index (χ1n) is 10.4. The van der Waals surface area contributed by atoms with E-state index in [1.165, 1.54) is 4.90 Å². The molecule has 6 atom stereocenters. The van der Waals surface area contributed by atoms with Gasteiger partial charge in [-0.25, -0.2) is 0 Å². The van der Waals surface area contributed by atoms with Crippen LogP contribution >= 0.6 is 31.9 Å². The smallest absolute Gasteiger partial charge is 0.311 e. The van der Waals surface area contributed by atoms with Gasteiger partial charge in [-0.15, -0.1) is 0 Å². The van der Waals surface area contributed by atoms with Gasteiger partial charge in [-0.1, -0.05) is 58.0 Å². The molecule has 156 valence electrons. The highest BCUT2D eigenvalue weighted by Gasteiger charge is 2.66. The average molecular weight is 527 g/mol. The maximum absolute atomic E-state index is 13.1. The van der Waals surface area contributed by atoms with Crippen molar-refractivity contribution in [2.75, 3.05) is 4.90 Å². The molecule has 1 aromatic rings. The van der Waals surface area contributed by atoms with Gasteiger partial charge < -0.3 is 4.74 Å². The third-order valence-electron chi connectivity index (χ3n) is 6.55. The first-order chi connectivity index (χ1) is 13.9. The molecule has 4 rings (SSSR count). The van der Waals surface area contributed by atoms with E-state index in [0.29, 0.717) is 17.9 Å². The summed E-state index contributed by atoms with van der Waals surface area (Å²) in [6.07, 6.45) is 5.42. The number of benzene rings is 1. The highest BCUT2D eigenvalue weighted by molar-refractivity contribution is 9.12. The third-order valence-corrected chi connectivity index (χ3v) is 9.75. The Kier molecular flexibility index (Phi) is 6.17. The lowest BCUT2D eigenvalue weighted by Gasteiger charge is -2.28. The van der Waals surface area contributed by atoms with Crippen molar-refractivity contribution in [1.82, 2.24) is 0 Å². The van der Waals surface area contributed by atoms with Crippen LogP contribution in [0, 0.1) is 23.7 Å². The number of amides is 2. The number of unbranched alkanes of at least 4 members (excludes halogenated alkanes) is 3. The second-order valence-corrected chi connectivity index (χ2v) is 10.4. The lowest BCUT2D eigenvalue weighted by molar-refractivity contribution is -0.134. The molecule has 0 N–H and O–H groups in total. The number of imide groups is 1. The van der Waals surface area contributed by atoms with Crippen molar-refractivity contribution in [3.8, 4) is 5.75 Å². The van der Waals surface area contributed by atoms with Crippen molar-refractivity contribution in [3.05, 3.63) is 24.3 Å². The number of alkyl halides is 2. The molecule has 5 nitrogen and oxygen atoms in total. The summed E-state index contributed by atoms with van der Waals surface area (Å²) in [5.41, 5.74) is 0.550. The number of anilines is 1. The van der Waals surface area contributed by atoms with Gasteiger partial charge in [0.25, 0.3) is 0 Å². The summed E-state index contributed by atoms with van der Waals surface area (Å²) in [7, 11) is 0. The molecule has 2 saturated carbocycles. The van der Waals surface area contributed by atoms with E-state index in [4.69, 9.17) is 4.74 Å². The lowest BCUT2D eigenvalue weighted by Crippen LogP contribution is -2.37. The van der Waals surface area contributed by atoms with Gasteiger partial charge in [0, 0.05) is 16.1 Å². The number of carbonyl (C=O) groups is 3. The van der Waals surface area contributed by atoms with Crippen molar-refractivity contribution in [2.24, 2.45) is 23.7 Å². The maximum Gasteiger partial charge on any atom is 0.311 e. The summed E-state index contributed by atoms with van der Waals surface area (Å²) >= 11 is 7.40. The van der Waals surface area contributed by atoms with Gasteiger partial charge in [0.1, 0.15) is 5.75 Å². The molecule has 1 aliphatic heterocycles. The zero-order valence-electron chi connectivity index (χ0n) is 16.4. The number of halogens is 2. The van der Waals surface area contributed by atoms with Crippen LogP contribution in [-0.2, 0) is 14.4 Å². The number of hydrogen-bond acceptors (Lipinski definition) is 4. The fourth-order valence-electron chi connectivity index (χ4n) is 5.15. The summed E-state index contributed by atoms with van der Waals surface area (Å²) in [6.45, 7) is 2.13. The molecule has 2 bridgehead atoms. The van der Waals surface area contributed by atoms with Gasteiger partial charge in [0.2, 0.25) is 11.8 Å².